The van der Waals surface area contributed by atoms with Crippen LogP contribution in [0.2, 0.25) is 5.02 Å². The SMILES string of the molecule is CCCCC(CN(O)C=O)C(=O)N1CCCC1c1nc2ccc(Cl)cc2o1. The first-order chi connectivity index (χ1) is 13.0. The Morgan fingerprint density at radius 3 is 3.11 bits per heavy atom. The number of amides is 2. The molecule has 1 aromatic carbocycles. The van der Waals surface area contributed by atoms with Gasteiger partial charge in [-0.05, 0) is 31.4 Å². The smallest absolute Gasteiger partial charge is 0.233 e. The molecule has 0 bridgehead atoms. The van der Waals surface area contributed by atoms with Crippen LogP contribution in [0.15, 0.2) is 22.6 Å². The highest BCUT2D eigenvalue weighted by molar-refractivity contribution is 6.31. The lowest BCUT2D eigenvalue weighted by atomic mass is 9.99. The first kappa shape index (κ1) is 19.6. The molecule has 1 saturated heterocycles. The summed E-state index contributed by atoms with van der Waals surface area (Å²) in [7, 11) is 0. The van der Waals surface area contributed by atoms with Gasteiger partial charge in [-0.3, -0.25) is 14.8 Å². The van der Waals surface area contributed by atoms with E-state index in [4.69, 9.17) is 16.0 Å². The quantitative estimate of drug-likeness (QED) is 0.418. The molecule has 0 saturated carbocycles. The predicted octanol–water partition coefficient (Wildman–Crippen LogP) is 3.80. The first-order valence-electron chi connectivity index (χ1n) is 9.30. The number of rotatable bonds is 8. The van der Waals surface area contributed by atoms with Crippen LogP contribution < -0.4 is 0 Å². The number of carbonyl (C=O) groups excluding carboxylic acids is 2. The number of benzene rings is 1. The fourth-order valence-corrected chi connectivity index (χ4v) is 3.75. The van der Waals surface area contributed by atoms with Crippen LogP contribution in [0.3, 0.4) is 0 Å². The molecule has 8 heteroatoms. The van der Waals surface area contributed by atoms with Crippen LogP contribution in [0.4, 0.5) is 0 Å². The number of halogens is 1. The molecule has 1 fully saturated rings. The molecule has 2 atom stereocenters. The summed E-state index contributed by atoms with van der Waals surface area (Å²) < 4.78 is 5.87. The summed E-state index contributed by atoms with van der Waals surface area (Å²) in [5.41, 5.74) is 1.31. The molecule has 2 aromatic rings. The summed E-state index contributed by atoms with van der Waals surface area (Å²) in [5, 5.41) is 10.7. The van der Waals surface area contributed by atoms with Crippen molar-refractivity contribution in [1.29, 1.82) is 0 Å². The van der Waals surface area contributed by atoms with E-state index in [-0.39, 0.29) is 18.5 Å². The van der Waals surface area contributed by atoms with E-state index in [0.717, 1.165) is 25.7 Å². The summed E-state index contributed by atoms with van der Waals surface area (Å²) in [6.07, 6.45) is 4.36. The van der Waals surface area contributed by atoms with Gasteiger partial charge in [-0.1, -0.05) is 31.4 Å². The normalized spacial score (nSPS) is 18.0. The topological polar surface area (TPSA) is 86.9 Å². The van der Waals surface area contributed by atoms with Crippen LogP contribution in [0.25, 0.3) is 11.1 Å². The van der Waals surface area contributed by atoms with Crippen molar-refractivity contribution in [3.8, 4) is 0 Å². The van der Waals surface area contributed by atoms with Gasteiger partial charge in [0.2, 0.25) is 18.2 Å². The molecule has 0 radical (unpaired) electrons. The lowest BCUT2D eigenvalue weighted by Crippen LogP contribution is -2.40. The molecule has 1 aliphatic rings. The molecule has 7 nitrogen and oxygen atoms in total. The number of hydrogen-bond acceptors (Lipinski definition) is 5. The van der Waals surface area contributed by atoms with Gasteiger partial charge in [-0.25, -0.2) is 10.0 Å². The zero-order chi connectivity index (χ0) is 19.4. The average molecular weight is 394 g/mol. The molecule has 1 N–H and O–H groups in total. The minimum atomic E-state index is -0.445. The molecular formula is C19H24ClN3O4. The van der Waals surface area contributed by atoms with Crippen molar-refractivity contribution >= 4 is 35.0 Å². The van der Waals surface area contributed by atoms with Crippen molar-refractivity contribution < 1.29 is 19.2 Å². The highest BCUT2D eigenvalue weighted by atomic mass is 35.5. The Bertz CT molecular complexity index is 809. The largest absolute Gasteiger partial charge is 0.438 e. The predicted molar refractivity (Wildman–Crippen MR) is 100 cm³/mol. The van der Waals surface area contributed by atoms with Gasteiger partial charge in [-0.2, -0.15) is 0 Å². The van der Waals surface area contributed by atoms with E-state index in [9.17, 15) is 14.8 Å². The maximum Gasteiger partial charge on any atom is 0.233 e. The van der Waals surface area contributed by atoms with Gasteiger partial charge in [-0.15, -0.1) is 0 Å². The van der Waals surface area contributed by atoms with Gasteiger partial charge in [0.15, 0.2) is 5.58 Å². The molecule has 2 unspecified atom stereocenters. The van der Waals surface area contributed by atoms with Crippen molar-refractivity contribution in [1.82, 2.24) is 14.9 Å². The number of carbonyl (C=O) groups is 2. The Morgan fingerprint density at radius 1 is 1.56 bits per heavy atom. The molecule has 1 aromatic heterocycles. The summed E-state index contributed by atoms with van der Waals surface area (Å²) in [6, 6.07) is 5.02. The second-order valence-corrected chi connectivity index (χ2v) is 7.36. The molecule has 3 rings (SSSR count). The van der Waals surface area contributed by atoms with E-state index in [0.29, 0.717) is 46.5 Å². The Balaban J connectivity index is 1.81. The highest BCUT2D eigenvalue weighted by Gasteiger charge is 2.37. The number of likely N-dealkylation sites (tertiary alicyclic amines) is 1. The Hall–Kier alpha value is -2.12. The van der Waals surface area contributed by atoms with Crippen molar-refractivity contribution in [2.75, 3.05) is 13.1 Å². The lowest BCUT2D eigenvalue weighted by Gasteiger charge is -2.28. The fourth-order valence-electron chi connectivity index (χ4n) is 3.59. The summed E-state index contributed by atoms with van der Waals surface area (Å²) >= 11 is 6.01. The van der Waals surface area contributed by atoms with E-state index in [1.54, 1.807) is 23.1 Å². The number of fused-ring (bicyclic) bond motifs is 1. The van der Waals surface area contributed by atoms with Gasteiger partial charge in [0.25, 0.3) is 0 Å². The average Bonchev–Trinajstić information content (AvgIpc) is 3.30. The molecular weight excluding hydrogens is 370 g/mol. The highest BCUT2D eigenvalue weighted by Crippen LogP contribution is 2.35. The Kier molecular flexibility index (Phi) is 6.34. The second kappa shape index (κ2) is 8.71. The zero-order valence-corrected chi connectivity index (χ0v) is 16.1. The number of aromatic nitrogens is 1. The number of hydrogen-bond donors (Lipinski definition) is 1. The molecule has 146 valence electrons. The van der Waals surface area contributed by atoms with Crippen LogP contribution in [-0.4, -0.2) is 45.6 Å². The molecule has 2 amide bonds. The number of nitrogens with zero attached hydrogens (tertiary/aromatic N) is 3. The number of unbranched alkanes of at least 4 members (excludes halogenated alkanes) is 1. The Labute approximate surface area is 162 Å². The standard InChI is InChI=1S/C19H24ClN3O4/c1-2-3-5-13(11-22(26)12-24)19(25)23-9-4-6-16(23)18-21-15-8-7-14(20)10-17(15)27-18/h7-8,10,12-13,16,26H,2-6,9,11H2,1H3. The minimum absolute atomic E-state index is 0.00524. The van der Waals surface area contributed by atoms with E-state index < -0.39 is 5.92 Å². The van der Waals surface area contributed by atoms with Crippen LogP contribution >= 0.6 is 11.6 Å². The summed E-state index contributed by atoms with van der Waals surface area (Å²) in [4.78, 5) is 30.2. The minimum Gasteiger partial charge on any atom is -0.438 e. The van der Waals surface area contributed by atoms with Gasteiger partial charge in [0, 0.05) is 17.6 Å². The van der Waals surface area contributed by atoms with Crippen LogP contribution in [-0.2, 0) is 9.59 Å². The first-order valence-corrected chi connectivity index (χ1v) is 9.68. The van der Waals surface area contributed by atoms with E-state index in [1.807, 2.05) is 6.92 Å². The van der Waals surface area contributed by atoms with Crippen molar-refractivity contribution in [2.45, 2.75) is 45.1 Å². The second-order valence-electron chi connectivity index (χ2n) is 6.92. The molecule has 27 heavy (non-hydrogen) atoms. The third-order valence-electron chi connectivity index (χ3n) is 4.97. The monoisotopic (exact) mass is 393 g/mol. The third-order valence-corrected chi connectivity index (χ3v) is 5.21. The Morgan fingerprint density at radius 2 is 2.37 bits per heavy atom. The van der Waals surface area contributed by atoms with E-state index in [1.165, 1.54) is 0 Å². The van der Waals surface area contributed by atoms with Gasteiger partial charge < -0.3 is 9.32 Å². The summed E-state index contributed by atoms with van der Waals surface area (Å²) in [6.45, 7) is 2.65. The number of oxazole rings is 1. The molecule has 1 aliphatic heterocycles. The van der Waals surface area contributed by atoms with Crippen molar-refractivity contribution in [2.24, 2.45) is 5.92 Å². The van der Waals surface area contributed by atoms with Crippen LogP contribution in [0.1, 0.15) is 51.0 Å². The molecule has 0 spiro atoms. The van der Waals surface area contributed by atoms with E-state index in [2.05, 4.69) is 4.98 Å². The maximum absolute atomic E-state index is 13.1. The van der Waals surface area contributed by atoms with E-state index >= 15 is 0 Å². The van der Waals surface area contributed by atoms with Crippen LogP contribution in [0, 0.1) is 5.92 Å². The van der Waals surface area contributed by atoms with Gasteiger partial charge in [0.1, 0.15) is 11.6 Å². The van der Waals surface area contributed by atoms with Crippen molar-refractivity contribution in [3.05, 3.63) is 29.1 Å². The summed E-state index contributed by atoms with van der Waals surface area (Å²) in [5.74, 6) is -0.0182. The zero-order valence-electron chi connectivity index (χ0n) is 15.3. The fraction of sp³-hybridized carbons (Fsp3) is 0.526. The van der Waals surface area contributed by atoms with Crippen molar-refractivity contribution in [3.63, 3.8) is 0 Å². The number of hydroxylamine groups is 2. The van der Waals surface area contributed by atoms with Crippen LogP contribution in [0.5, 0.6) is 0 Å². The van der Waals surface area contributed by atoms with Gasteiger partial charge >= 0.3 is 0 Å². The molecule has 2 heterocycles. The third kappa shape index (κ3) is 4.42. The van der Waals surface area contributed by atoms with Gasteiger partial charge in [0.05, 0.1) is 12.5 Å². The molecule has 0 aliphatic carbocycles. The maximum atomic E-state index is 13.1. The lowest BCUT2D eigenvalue weighted by molar-refractivity contribution is -0.157.